The molecule has 112 valence electrons. The average Bonchev–Trinajstić information content (AvgIpc) is 2.35. The molecule has 0 aliphatic rings. The summed E-state index contributed by atoms with van der Waals surface area (Å²) in [5.74, 6) is -1.43. The quantitative estimate of drug-likeness (QED) is 0.847. The standard InChI is InChI=1S/C13H12F2N2O2S2/c1-7-12(5-9(16)6-13(7)21(17,18)19)20-11-3-2-8(14)4-10(11)15/h2-6H,16H2,1H3,(H2,17,18,19). The van der Waals surface area contributed by atoms with Gasteiger partial charge in [0.25, 0.3) is 0 Å². The second-order valence-corrected chi connectivity index (χ2v) is 6.98. The van der Waals surface area contributed by atoms with E-state index in [-0.39, 0.29) is 15.5 Å². The van der Waals surface area contributed by atoms with Crippen molar-refractivity contribution in [3.05, 3.63) is 47.5 Å². The summed E-state index contributed by atoms with van der Waals surface area (Å²) in [7, 11) is -3.93. The molecule has 2 aromatic rings. The Labute approximate surface area is 125 Å². The fourth-order valence-electron chi connectivity index (χ4n) is 1.76. The van der Waals surface area contributed by atoms with Crippen LogP contribution in [0.25, 0.3) is 0 Å². The molecule has 0 fully saturated rings. The summed E-state index contributed by atoms with van der Waals surface area (Å²) in [5, 5.41) is 5.12. The molecule has 0 atom stereocenters. The minimum absolute atomic E-state index is 0.118. The van der Waals surface area contributed by atoms with Crippen LogP contribution in [0.2, 0.25) is 0 Å². The van der Waals surface area contributed by atoms with Crippen LogP contribution in [0.1, 0.15) is 5.56 Å². The highest BCUT2D eigenvalue weighted by atomic mass is 32.2. The second-order valence-electron chi connectivity index (χ2n) is 4.36. The number of rotatable bonds is 3. The van der Waals surface area contributed by atoms with E-state index in [2.05, 4.69) is 0 Å². The van der Waals surface area contributed by atoms with Gasteiger partial charge in [0, 0.05) is 21.5 Å². The first kappa shape index (κ1) is 15.7. The number of halogens is 2. The highest BCUT2D eigenvalue weighted by Gasteiger charge is 2.17. The van der Waals surface area contributed by atoms with E-state index in [1.165, 1.54) is 18.2 Å². The van der Waals surface area contributed by atoms with E-state index in [1.807, 2.05) is 0 Å². The molecular formula is C13H12F2N2O2S2. The fraction of sp³-hybridized carbons (Fsp3) is 0.0769. The van der Waals surface area contributed by atoms with Crippen LogP contribution in [0.5, 0.6) is 0 Å². The van der Waals surface area contributed by atoms with Gasteiger partial charge in [-0.25, -0.2) is 22.3 Å². The van der Waals surface area contributed by atoms with Crippen molar-refractivity contribution in [3.63, 3.8) is 0 Å². The van der Waals surface area contributed by atoms with E-state index in [4.69, 9.17) is 10.9 Å². The minimum Gasteiger partial charge on any atom is -0.399 e. The third-order valence-corrected chi connectivity index (χ3v) is 4.99. The summed E-state index contributed by atoms with van der Waals surface area (Å²) in [6.45, 7) is 1.54. The number of nitrogens with two attached hydrogens (primary N) is 2. The van der Waals surface area contributed by atoms with Gasteiger partial charge in [0.1, 0.15) is 11.6 Å². The lowest BCUT2D eigenvalue weighted by Gasteiger charge is -2.11. The van der Waals surface area contributed by atoms with Gasteiger partial charge in [0.05, 0.1) is 4.90 Å². The first-order valence-electron chi connectivity index (χ1n) is 5.74. The second kappa shape index (κ2) is 5.63. The van der Waals surface area contributed by atoms with Gasteiger partial charge >= 0.3 is 0 Å². The van der Waals surface area contributed by atoms with E-state index < -0.39 is 21.7 Å². The van der Waals surface area contributed by atoms with Gasteiger partial charge in [-0.05, 0) is 36.8 Å². The fourth-order valence-corrected chi connectivity index (χ4v) is 3.65. The number of primary sulfonamides is 1. The van der Waals surface area contributed by atoms with Crippen LogP contribution < -0.4 is 10.9 Å². The first-order valence-corrected chi connectivity index (χ1v) is 8.10. The van der Waals surface area contributed by atoms with Gasteiger partial charge in [0.2, 0.25) is 10.0 Å². The maximum Gasteiger partial charge on any atom is 0.238 e. The van der Waals surface area contributed by atoms with Crippen molar-refractivity contribution in [3.8, 4) is 0 Å². The van der Waals surface area contributed by atoms with Crippen molar-refractivity contribution < 1.29 is 17.2 Å². The van der Waals surface area contributed by atoms with Crippen LogP contribution in [0.3, 0.4) is 0 Å². The lowest BCUT2D eigenvalue weighted by atomic mass is 10.2. The van der Waals surface area contributed by atoms with Gasteiger partial charge in [-0.15, -0.1) is 0 Å². The maximum atomic E-state index is 13.7. The normalized spacial score (nSPS) is 11.6. The van der Waals surface area contributed by atoms with Gasteiger partial charge < -0.3 is 5.73 Å². The zero-order valence-electron chi connectivity index (χ0n) is 10.9. The molecule has 0 unspecified atom stereocenters. The molecule has 2 aromatic carbocycles. The van der Waals surface area contributed by atoms with Crippen LogP contribution in [0.4, 0.5) is 14.5 Å². The SMILES string of the molecule is Cc1c(Sc2ccc(F)cc2F)cc(N)cc1S(N)(=O)=O. The number of anilines is 1. The predicted molar refractivity (Wildman–Crippen MR) is 77.4 cm³/mol. The molecule has 0 aromatic heterocycles. The van der Waals surface area contributed by atoms with E-state index in [9.17, 15) is 17.2 Å². The Morgan fingerprint density at radius 2 is 1.76 bits per heavy atom. The summed E-state index contributed by atoms with van der Waals surface area (Å²) in [4.78, 5) is 0.475. The largest absolute Gasteiger partial charge is 0.399 e. The molecule has 0 heterocycles. The summed E-state index contributed by atoms with van der Waals surface area (Å²) < 4.78 is 49.6. The monoisotopic (exact) mass is 330 g/mol. The van der Waals surface area contributed by atoms with Crippen LogP contribution in [-0.2, 0) is 10.0 Å². The highest BCUT2D eigenvalue weighted by molar-refractivity contribution is 7.99. The molecule has 0 saturated heterocycles. The van der Waals surface area contributed by atoms with Gasteiger partial charge in [-0.1, -0.05) is 11.8 Å². The van der Waals surface area contributed by atoms with Crippen LogP contribution in [-0.4, -0.2) is 8.42 Å². The Kier molecular flexibility index (Phi) is 4.22. The molecule has 8 heteroatoms. The van der Waals surface area contributed by atoms with E-state index in [0.717, 1.165) is 23.9 Å². The molecule has 0 aliphatic heterocycles. The molecule has 0 saturated carbocycles. The number of hydrogen-bond donors (Lipinski definition) is 2. The molecule has 0 bridgehead atoms. The predicted octanol–water partition coefficient (Wildman–Crippen LogP) is 2.65. The summed E-state index contributed by atoms with van der Waals surface area (Å²) in [6.07, 6.45) is 0. The van der Waals surface area contributed by atoms with E-state index in [0.29, 0.717) is 10.5 Å². The van der Waals surface area contributed by atoms with Crippen molar-refractivity contribution in [2.45, 2.75) is 21.6 Å². The zero-order chi connectivity index (χ0) is 15.8. The number of sulfonamides is 1. The van der Waals surface area contributed by atoms with Gasteiger partial charge in [-0.3, -0.25) is 0 Å². The van der Waals surface area contributed by atoms with Gasteiger partial charge in [-0.2, -0.15) is 0 Å². The Morgan fingerprint density at radius 1 is 1.10 bits per heavy atom. The summed E-state index contributed by atoms with van der Waals surface area (Å²) in [5.41, 5.74) is 6.20. The molecule has 2 rings (SSSR count). The molecule has 4 N–H and O–H groups in total. The molecule has 0 aliphatic carbocycles. The van der Waals surface area contributed by atoms with Crippen molar-refractivity contribution in [2.24, 2.45) is 5.14 Å². The molecule has 0 radical (unpaired) electrons. The van der Waals surface area contributed by atoms with Crippen molar-refractivity contribution in [1.29, 1.82) is 0 Å². The summed E-state index contributed by atoms with van der Waals surface area (Å²) in [6, 6.07) is 5.90. The van der Waals surface area contributed by atoms with Crippen LogP contribution >= 0.6 is 11.8 Å². The Hall–Kier alpha value is -1.64. The molecule has 4 nitrogen and oxygen atoms in total. The number of nitrogen functional groups attached to an aromatic ring is 1. The first-order chi connectivity index (χ1) is 9.68. The lowest BCUT2D eigenvalue weighted by Crippen LogP contribution is -2.14. The Balaban J connectivity index is 2.52. The molecule has 0 spiro atoms. The zero-order valence-corrected chi connectivity index (χ0v) is 12.6. The third-order valence-electron chi connectivity index (χ3n) is 2.76. The maximum absolute atomic E-state index is 13.7. The van der Waals surface area contributed by atoms with Crippen LogP contribution in [0.15, 0.2) is 45.0 Å². The third kappa shape index (κ3) is 3.52. The number of hydrogen-bond acceptors (Lipinski definition) is 4. The van der Waals surface area contributed by atoms with Crippen molar-refractivity contribution in [2.75, 3.05) is 5.73 Å². The van der Waals surface area contributed by atoms with Crippen molar-refractivity contribution in [1.82, 2.24) is 0 Å². The minimum atomic E-state index is -3.93. The molecule has 21 heavy (non-hydrogen) atoms. The van der Waals surface area contributed by atoms with E-state index >= 15 is 0 Å². The smallest absolute Gasteiger partial charge is 0.238 e. The summed E-state index contributed by atoms with van der Waals surface area (Å²) >= 11 is 0.952. The number of benzene rings is 2. The molecule has 0 amide bonds. The van der Waals surface area contributed by atoms with Crippen LogP contribution in [0, 0.1) is 18.6 Å². The highest BCUT2D eigenvalue weighted by Crippen LogP contribution is 2.36. The van der Waals surface area contributed by atoms with Crippen molar-refractivity contribution >= 4 is 27.5 Å². The Morgan fingerprint density at radius 3 is 2.33 bits per heavy atom. The molecular weight excluding hydrogens is 318 g/mol. The average molecular weight is 330 g/mol. The van der Waals surface area contributed by atoms with E-state index in [1.54, 1.807) is 6.92 Å². The van der Waals surface area contributed by atoms with Gasteiger partial charge in [0.15, 0.2) is 0 Å². The Bertz CT molecular complexity index is 808. The topological polar surface area (TPSA) is 86.2 Å². The lowest BCUT2D eigenvalue weighted by molar-refractivity contribution is 0.565.